The minimum Gasteiger partial charge on any atom is -0.312 e. The molecule has 0 aliphatic carbocycles. The molecule has 21 heavy (non-hydrogen) atoms. The number of nitrogens with one attached hydrogen (secondary N) is 1. The maximum atomic E-state index is 13.6. The molecule has 0 aliphatic rings. The molecular weight excluding hydrogens is 310 g/mol. The first kappa shape index (κ1) is 15.8. The second kappa shape index (κ2) is 7.42. The van der Waals surface area contributed by atoms with Gasteiger partial charge in [-0.15, -0.1) is 0 Å². The van der Waals surface area contributed by atoms with Crippen molar-refractivity contribution in [3.8, 4) is 6.07 Å². The van der Waals surface area contributed by atoms with Crippen LogP contribution in [0.5, 0.6) is 0 Å². The Kier molecular flexibility index (Phi) is 5.58. The maximum Gasteiger partial charge on any atom is 0.127 e. The fourth-order valence-corrected chi connectivity index (χ4v) is 2.45. The zero-order valence-corrected chi connectivity index (χ0v) is 12.7. The van der Waals surface area contributed by atoms with E-state index in [1.54, 1.807) is 18.2 Å². The van der Waals surface area contributed by atoms with Crippen molar-refractivity contribution in [3.63, 3.8) is 0 Å². The van der Waals surface area contributed by atoms with Gasteiger partial charge in [0.05, 0.1) is 11.6 Å². The number of hydrogen-bond acceptors (Lipinski definition) is 2. The number of nitrogens with zero attached hydrogens (tertiary/aromatic N) is 1. The van der Waals surface area contributed by atoms with E-state index in [1.165, 1.54) is 12.1 Å². The molecule has 0 amide bonds. The number of hydrogen-bond donors (Lipinski definition) is 1. The van der Waals surface area contributed by atoms with E-state index < -0.39 is 0 Å². The molecule has 0 aromatic heterocycles. The van der Waals surface area contributed by atoms with Gasteiger partial charge >= 0.3 is 0 Å². The van der Waals surface area contributed by atoms with Crippen LogP contribution in [-0.2, 0) is 13.0 Å². The van der Waals surface area contributed by atoms with Crippen LogP contribution in [0.15, 0.2) is 36.4 Å². The Balaban J connectivity index is 1.89. The van der Waals surface area contributed by atoms with Gasteiger partial charge in [0, 0.05) is 22.2 Å². The SMILES string of the molecule is N#Cc1ccc(F)c(CNCCc2ccc(Cl)cc2Cl)c1. The van der Waals surface area contributed by atoms with Gasteiger partial charge < -0.3 is 5.32 Å². The second-order valence-electron chi connectivity index (χ2n) is 4.58. The van der Waals surface area contributed by atoms with Crippen LogP contribution in [0.1, 0.15) is 16.7 Å². The van der Waals surface area contributed by atoms with Crippen LogP contribution >= 0.6 is 23.2 Å². The van der Waals surface area contributed by atoms with Crippen molar-refractivity contribution < 1.29 is 4.39 Å². The number of benzene rings is 2. The van der Waals surface area contributed by atoms with E-state index in [1.807, 2.05) is 12.1 Å². The number of rotatable bonds is 5. The summed E-state index contributed by atoms with van der Waals surface area (Å²) >= 11 is 11.9. The van der Waals surface area contributed by atoms with Crippen LogP contribution in [0.25, 0.3) is 0 Å². The highest BCUT2D eigenvalue weighted by Gasteiger charge is 2.04. The lowest BCUT2D eigenvalue weighted by Crippen LogP contribution is -2.17. The summed E-state index contributed by atoms with van der Waals surface area (Å²) in [6, 6.07) is 11.7. The van der Waals surface area contributed by atoms with E-state index in [9.17, 15) is 4.39 Å². The van der Waals surface area contributed by atoms with Crippen molar-refractivity contribution in [2.75, 3.05) is 6.54 Å². The van der Waals surface area contributed by atoms with Crippen molar-refractivity contribution in [2.24, 2.45) is 0 Å². The van der Waals surface area contributed by atoms with Gasteiger partial charge in [-0.25, -0.2) is 4.39 Å². The zero-order chi connectivity index (χ0) is 15.2. The molecule has 0 unspecified atom stereocenters. The standard InChI is InChI=1S/C16H13Cl2FN2/c17-14-3-2-12(15(18)8-14)5-6-21-10-13-7-11(9-20)1-4-16(13)19/h1-4,7-8,21H,5-6,10H2. The number of halogens is 3. The average Bonchev–Trinajstić information content (AvgIpc) is 2.47. The molecule has 0 atom stereocenters. The molecule has 0 radical (unpaired) electrons. The minimum atomic E-state index is -0.314. The molecule has 0 fully saturated rings. The van der Waals surface area contributed by atoms with Gasteiger partial charge in [0.1, 0.15) is 5.82 Å². The highest BCUT2D eigenvalue weighted by Crippen LogP contribution is 2.21. The molecule has 0 bridgehead atoms. The summed E-state index contributed by atoms with van der Waals surface area (Å²) < 4.78 is 13.6. The van der Waals surface area contributed by atoms with Crippen LogP contribution in [0.2, 0.25) is 10.0 Å². The fraction of sp³-hybridized carbons (Fsp3) is 0.188. The van der Waals surface area contributed by atoms with Crippen LogP contribution in [-0.4, -0.2) is 6.54 Å². The van der Waals surface area contributed by atoms with Crippen LogP contribution in [0.3, 0.4) is 0 Å². The first-order chi connectivity index (χ1) is 10.1. The van der Waals surface area contributed by atoms with E-state index in [4.69, 9.17) is 28.5 Å². The van der Waals surface area contributed by atoms with Crippen molar-refractivity contribution >= 4 is 23.2 Å². The monoisotopic (exact) mass is 322 g/mol. The summed E-state index contributed by atoms with van der Waals surface area (Å²) in [6.45, 7) is 1.02. The summed E-state index contributed by atoms with van der Waals surface area (Å²) in [7, 11) is 0. The Morgan fingerprint density at radius 2 is 1.90 bits per heavy atom. The number of nitriles is 1. The predicted octanol–water partition coefficient (Wildman–Crippen LogP) is 4.34. The van der Waals surface area contributed by atoms with Crippen LogP contribution in [0.4, 0.5) is 4.39 Å². The molecule has 0 saturated carbocycles. The fourth-order valence-electron chi connectivity index (χ4n) is 1.95. The highest BCUT2D eigenvalue weighted by atomic mass is 35.5. The van der Waals surface area contributed by atoms with Crippen molar-refractivity contribution in [1.82, 2.24) is 5.32 Å². The Labute approximate surface area is 133 Å². The average molecular weight is 323 g/mol. The summed E-state index contributed by atoms with van der Waals surface area (Å²) in [4.78, 5) is 0. The lowest BCUT2D eigenvalue weighted by Gasteiger charge is -2.08. The predicted molar refractivity (Wildman–Crippen MR) is 83.0 cm³/mol. The van der Waals surface area contributed by atoms with Gasteiger partial charge in [0.2, 0.25) is 0 Å². The molecule has 5 heteroatoms. The molecule has 2 aromatic rings. The molecule has 108 valence electrons. The molecule has 2 nitrogen and oxygen atoms in total. The van der Waals surface area contributed by atoms with Gasteiger partial charge in [-0.05, 0) is 48.9 Å². The molecule has 2 rings (SSSR count). The summed E-state index contributed by atoms with van der Waals surface area (Å²) in [5, 5.41) is 13.2. The molecule has 0 spiro atoms. The molecule has 0 saturated heterocycles. The quantitative estimate of drug-likeness (QED) is 0.831. The smallest absolute Gasteiger partial charge is 0.127 e. The first-order valence-electron chi connectivity index (χ1n) is 6.43. The lowest BCUT2D eigenvalue weighted by molar-refractivity contribution is 0.588. The minimum absolute atomic E-state index is 0.314. The molecule has 0 heterocycles. The van der Waals surface area contributed by atoms with Crippen molar-refractivity contribution in [3.05, 3.63) is 69.0 Å². The van der Waals surface area contributed by atoms with Gasteiger partial charge in [0.25, 0.3) is 0 Å². The first-order valence-corrected chi connectivity index (χ1v) is 7.19. The van der Waals surface area contributed by atoms with Gasteiger partial charge in [-0.2, -0.15) is 5.26 Å². The Bertz CT molecular complexity index is 680. The third kappa shape index (κ3) is 4.44. The Morgan fingerprint density at radius 1 is 1.10 bits per heavy atom. The molecule has 1 N–H and O–H groups in total. The van der Waals surface area contributed by atoms with Gasteiger partial charge in [-0.3, -0.25) is 0 Å². The lowest BCUT2D eigenvalue weighted by atomic mass is 10.1. The summed E-state index contributed by atoms with van der Waals surface area (Å²) in [6.07, 6.45) is 0.718. The second-order valence-corrected chi connectivity index (χ2v) is 5.42. The van der Waals surface area contributed by atoms with E-state index in [0.717, 1.165) is 12.0 Å². The van der Waals surface area contributed by atoms with Crippen molar-refractivity contribution in [2.45, 2.75) is 13.0 Å². The van der Waals surface area contributed by atoms with Crippen molar-refractivity contribution in [1.29, 1.82) is 5.26 Å². The molecule has 0 aliphatic heterocycles. The van der Waals surface area contributed by atoms with E-state index >= 15 is 0 Å². The van der Waals surface area contributed by atoms with Gasteiger partial charge in [-0.1, -0.05) is 29.3 Å². The normalized spacial score (nSPS) is 10.4. The summed E-state index contributed by atoms with van der Waals surface area (Å²) in [5.41, 5.74) is 1.92. The van der Waals surface area contributed by atoms with E-state index in [0.29, 0.717) is 34.3 Å². The highest BCUT2D eigenvalue weighted by molar-refractivity contribution is 6.35. The largest absolute Gasteiger partial charge is 0.312 e. The molecular formula is C16H13Cl2FN2. The van der Waals surface area contributed by atoms with Gasteiger partial charge in [0.15, 0.2) is 0 Å². The Hall–Kier alpha value is -1.60. The Morgan fingerprint density at radius 3 is 2.62 bits per heavy atom. The van der Waals surface area contributed by atoms with E-state index in [2.05, 4.69) is 5.32 Å². The third-order valence-electron chi connectivity index (χ3n) is 3.08. The summed E-state index contributed by atoms with van der Waals surface area (Å²) in [5.74, 6) is -0.314. The van der Waals surface area contributed by atoms with Crippen LogP contribution < -0.4 is 5.32 Å². The molecule has 2 aromatic carbocycles. The maximum absolute atomic E-state index is 13.6. The topological polar surface area (TPSA) is 35.8 Å². The van der Waals surface area contributed by atoms with E-state index in [-0.39, 0.29) is 5.82 Å². The third-order valence-corrected chi connectivity index (χ3v) is 3.66. The van der Waals surface area contributed by atoms with Crippen LogP contribution in [0, 0.1) is 17.1 Å². The zero-order valence-electron chi connectivity index (χ0n) is 11.2.